The average Bonchev–Trinajstić information content (AvgIpc) is 2.47. The first-order chi connectivity index (χ1) is 10.1. The van der Waals surface area contributed by atoms with Gasteiger partial charge in [-0.05, 0) is 45.2 Å². The zero-order valence-corrected chi connectivity index (χ0v) is 12.8. The Morgan fingerprint density at radius 2 is 1.62 bits per heavy atom. The van der Waals surface area contributed by atoms with Gasteiger partial charge in [0.15, 0.2) is 5.82 Å². The number of hydrogen-bond acceptors (Lipinski definition) is 4. The van der Waals surface area contributed by atoms with Gasteiger partial charge in [0.1, 0.15) is 12.0 Å². The monoisotopic (exact) mass is 282 g/mol. The second-order valence-corrected chi connectivity index (χ2v) is 5.88. The van der Waals surface area contributed by atoms with Gasteiger partial charge in [0.05, 0.1) is 5.69 Å². The van der Waals surface area contributed by atoms with E-state index >= 15 is 0 Å². The fourth-order valence-electron chi connectivity index (χ4n) is 3.09. The SMILES string of the molecule is Cc1cc(C)cc(-c2ncnc(N3CCCCC3)c2N)c1. The Labute approximate surface area is 126 Å². The van der Waals surface area contributed by atoms with Crippen LogP contribution in [0.1, 0.15) is 30.4 Å². The summed E-state index contributed by atoms with van der Waals surface area (Å²) in [4.78, 5) is 11.1. The molecule has 110 valence electrons. The molecule has 2 heterocycles. The van der Waals surface area contributed by atoms with Gasteiger partial charge in [-0.3, -0.25) is 0 Å². The Balaban J connectivity index is 2.03. The lowest BCUT2D eigenvalue weighted by Crippen LogP contribution is -2.31. The maximum atomic E-state index is 6.38. The summed E-state index contributed by atoms with van der Waals surface area (Å²) >= 11 is 0. The molecule has 1 aromatic carbocycles. The molecule has 0 aliphatic carbocycles. The molecule has 0 radical (unpaired) electrons. The molecule has 2 aromatic rings. The van der Waals surface area contributed by atoms with Gasteiger partial charge in [-0.25, -0.2) is 9.97 Å². The summed E-state index contributed by atoms with van der Waals surface area (Å²) in [5, 5.41) is 0. The van der Waals surface area contributed by atoms with Crippen LogP contribution in [0.5, 0.6) is 0 Å². The molecule has 0 bridgehead atoms. The van der Waals surface area contributed by atoms with E-state index in [4.69, 9.17) is 5.73 Å². The van der Waals surface area contributed by atoms with Crippen LogP contribution in [0.4, 0.5) is 11.5 Å². The maximum Gasteiger partial charge on any atom is 0.155 e. The summed E-state index contributed by atoms with van der Waals surface area (Å²) in [5.41, 5.74) is 11.4. The van der Waals surface area contributed by atoms with Gasteiger partial charge in [-0.2, -0.15) is 0 Å². The third-order valence-corrected chi connectivity index (χ3v) is 4.01. The molecule has 2 N–H and O–H groups in total. The molecule has 0 unspecified atom stereocenters. The molecule has 1 aromatic heterocycles. The third kappa shape index (κ3) is 2.84. The molecule has 1 fully saturated rings. The number of anilines is 2. The smallest absolute Gasteiger partial charge is 0.155 e. The number of piperidine rings is 1. The number of aromatic nitrogens is 2. The predicted molar refractivity (Wildman–Crippen MR) is 87.4 cm³/mol. The van der Waals surface area contributed by atoms with Crippen molar-refractivity contribution >= 4 is 11.5 Å². The van der Waals surface area contributed by atoms with Crippen LogP contribution in [0.15, 0.2) is 24.5 Å². The summed E-state index contributed by atoms with van der Waals surface area (Å²) in [6.45, 7) is 6.26. The Morgan fingerprint density at radius 1 is 0.952 bits per heavy atom. The van der Waals surface area contributed by atoms with Crippen LogP contribution in [0.25, 0.3) is 11.3 Å². The minimum Gasteiger partial charge on any atom is -0.394 e. The Bertz CT molecular complexity index is 625. The minimum absolute atomic E-state index is 0.699. The van der Waals surface area contributed by atoms with E-state index in [1.54, 1.807) is 6.33 Å². The molecule has 4 nitrogen and oxygen atoms in total. The Hall–Kier alpha value is -2.10. The first-order valence-electron chi connectivity index (χ1n) is 7.59. The molecule has 1 aliphatic rings. The van der Waals surface area contributed by atoms with Crippen molar-refractivity contribution in [3.8, 4) is 11.3 Å². The molecular formula is C17H22N4. The van der Waals surface area contributed by atoms with Gasteiger partial charge in [0.25, 0.3) is 0 Å². The van der Waals surface area contributed by atoms with Crippen molar-refractivity contribution in [2.75, 3.05) is 23.7 Å². The highest BCUT2D eigenvalue weighted by Crippen LogP contribution is 2.32. The highest BCUT2D eigenvalue weighted by molar-refractivity contribution is 5.81. The van der Waals surface area contributed by atoms with E-state index in [1.807, 2.05) is 0 Å². The van der Waals surface area contributed by atoms with Crippen molar-refractivity contribution in [2.45, 2.75) is 33.1 Å². The van der Waals surface area contributed by atoms with E-state index in [-0.39, 0.29) is 0 Å². The van der Waals surface area contributed by atoms with E-state index < -0.39 is 0 Å². The molecular weight excluding hydrogens is 260 g/mol. The summed E-state index contributed by atoms with van der Waals surface area (Å²) in [6, 6.07) is 6.42. The van der Waals surface area contributed by atoms with Crippen molar-refractivity contribution < 1.29 is 0 Å². The van der Waals surface area contributed by atoms with E-state index in [2.05, 4.69) is 46.9 Å². The first-order valence-corrected chi connectivity index (χ1v) is 7.59. The molecule has 0 saturated carbocycles. The summed E-state index contributed by atoms with van der Waals surface area (Å²) in [6.07, 6.45) is 5.35. The Morgan fingerprint density at radius 3 is 2.29 bits per heavy atom. The van der Waals surface area contributed by atoms with Crippen LogP contribution >= 0.6 is 0 Å². The molecule has 0 amide bonds. The quantitative estimate of drug-likeness (QED) is 0.918. The largest absolute Gasteiger partial charge is 0.394 e. The minimum atomic E-state index is 0.699. The van der Waals surface area contributed by atoms with E-state index in [9.17, 15) is 0 Å². The number of aryl methyl sites for hydroxylation is 2. The average molecular weight is 282 g/mol. The van der Waals surface area contributed by atoms with Crippen LogP contribution in [0.2, 0.25) is 0 Å². The zero-order valence-electron chi connectivity index (χ0n) is 12.8. The van der Waals surface area contributed by atoms with E-state index in [0.717, 1.165) is 30.2 Å². The molecule has 1 saturated heterocycles. The fourth-order valence-corrected chi connectivity index (χ4v) is 3.09. The van der Waals surface area contributed by atoms with Crippen LogP contribution in [-0.2, 0) is 0 Å². The standard InChI is InChI=1S/C17H22N4/c1-12-8-13(2)10-14(9-12)16-15(18)17(20-11-19-16)21-6-4-3-5-7-21/h8-11H,3-7,18H2,1-2H3. The first kappa shape index (κ1) is 13.9. The topological polar surface area (TPSA) is 55.0 Å². The van der Waals surface area contributed by atoms with Crippen molar-refractivity contribution in [3.05, 3.63) is 35.7 Å². The molecule has 3 rings (SSSR count). The van der Waals surface area contributed by atoms with E-state index in [1.165, 1.54) is 30.4 Å². The number of rotatable bonds is 2. The number of nitrogen functional groups attached to an aromatic ring is 1. The molecule has 1 aliphatic heterocycles. The fraction of sp³-hybridized carbons (Fsp3) is 0.412. The van der Waals surface area contributed by atoms with Crippen molar-refractivity contribution in [1.29, 1.82) is 0 Å². The third-order valence-electron chi connectivity index (χ3n) is 4.01. The lowest BCUT2D eigenvalue weighted by atomic mass is 10.0. The van der Waals surface area contributed by atoms with E-state index in [0.29, 0.717) is 5.69 Å². The second-order valence-electron chi connectivity index (χ2n) is 5.88. The predicted octanol–water partition coefficient (Wildman–Crippen LogP) is 3.33. The van der Waals surface area contributed by atoms with Gasteiger partial charge < -0.3 is 10.6 Å². The second kappa shape index (κ2) is 5.72. The van der Waals surface area contributed by atoms with Gasteiger partial charge in [-0.1, -0.05) is 17.2 Å². The molecule has 0 spiro atoms. The normalized spacial score (nSPS) is 15.2. The summed E-state index contributed by atoms with van der Waals surface area (Å²) in [5.74, 6) is 0.888. The maximum absolute atomic E-state index is 6.38. The molecule has 4 heteroatoms. The van der Waals surface area contributed by atoms with Crippen LogP contribution in [-0.4, -0.2) is 23.1 Å². The highest BCUT2D eigenvalue weighted by Gasteiger charge is 2.18. The van der Waals surface area contributed by atoms with Gasteiger partial charge in [0, 0.05) is 18.7 Å². The van der Waals surface area contributed by atoms with Gasteiger partial charge >= 0.3 is 0 Å². The number of benzene rings is 1. The van der Waals surface area contributed by atoms with Crippen molar-refractivity contribution in [1.82, 2.24) is 9.97 Å². The van der Waals surface area contributed by atoms with Gasteiger partial charge in [0.2, 0.25) is 0 Å². The lowest BCUT2D eigenvalue weighted by Gasteiger charge is -2.29. The zero-order chi connectivity index (χ0) is 14.8. The number of hydrogen-bond donors (Lipinski definition) is 1. The summed E-state index contributed by atoms with van der Waals surface area (Å²) in [7, 11) is 0. The number of nitrogens with zero attached hydrogens (tertiary/aromatic N) is 3. The highest BCUT2D eigenvalue weighted by atomic mass is 15.2. The molecule has 21 heavy (non-hydrogen) atoms. The lowest BCUT2D eigenvalue weighted by molar-refractivity contribution is 0.573. The Kier molecular flexibility index (Phi) is 3.78. The number of nitrogens with two attached hydrogens (primary N) is 1. The van der Waals surface area contributed by atoms with Crippen LogP contribution < -0.4 is 10.6 Å². The summed E-state index contributed by atoms with van der Waals surface area (Å²) < 4.78 is 0. The van der Waals surface area contributed by atoms with Crippen molar-refractivity contribution in [3.63, 3.8) is 0 Å². The van der Waals surface area contributed by atoms with Crippen molar-refractivity contribution in [2.24, 2.45) is 0 Å². The molecule has 0 atom stereocenters. The van der Waals surface area contributed by atoms with Crippen LogP contribution in [0, 0.1) is 13.8 Å². The van der Waals surface area contributed by atoms with Crippen LogP contribution in [0.3, 0.4) is 0 Å². The van der Waals surface area contributed by atoms with Gasteiger partial charge in [-0.15, -0.1) is 0 Å².